The van der Waals surface area contributed by atoms with Crippen LogP contribution in [0.2, 0.25) is 5.28 Å². The first-order valence-corrected chi connectivity index (χ1v) is 10.8. The van der Waals surface area contributed by atoms with Crippen molar-refractivity contribution in [1.29, 1.82) is 0 Å². The zero-order chi connectivity index (χ0) is 21.5. The van der Waals surface area contributed by atoms with Crippen molar-refractivity contribution in [3.8, 4) is 0 Å². The normalized spacial score (nSPS) is 16.2. The second-order valence-corrected chi connectivity index (χ2v) is 9.03. The van der Waals surface area contributed by atoms with Gasteiger partial charge in [0.25, 0.3) is 0 Å². The number of hydrogen-bond acceptors (Lipinski definition) is 5. The van der Waals surface area contributed by atoms with E-state index < -0.39 is 21.8 Å². The molecular formula is C19H16ClF3N4O2S. The molecule has 6 nitrogen and oxygen atoms in total. The Bertz CT molecular complexity index is 1200. The first kappa shape index (κ1) is 20.8. The zero-order valence-electron chi connectivity index (χ0n) is 15.5. The number of rotatable bonds is 3. The number of sulfonamides is 1. The lowest BCUT2D eigenvalue weighted by atomic mass is 10.2. The average molecular weight is 457 g/mol. The molecule has 0 spiro atoms. The molecule has 4 rings (SSSR count). The Morgan fingerprint density at radius 1 is 0.933 bits per heavy atom. The maximum atomic E-state index is 13.0. The summed E-state index contributed by atoms with van der Waals surface area (Å²) in [6, 6.07) is 11.1. The SMILES string of the molecule is O=S(=O)(c1cccc(C(F)(F)F)c1)N1CCN(c2nc(Cl)nc3ccccc23)CC1. The lowest BCUT2D eigenvalue weighted by molar-refractivity contribution is -0.137. The van der Waals surface area contributed by atoms with Gasteiger partial charge >= 0.3 is 6.18 Å². The molecule has 1 fully saturated rings. The van der Waals surface area contributed by atoms with Gasteiger partial charge in [-0.25, -0.2) is 13.4 Å². The van der Waals surface area contributed by atoms with Crippen molar-refractivity contribution < 1.29 is 21.6 Å². The predicted molar refractivity (Wildman–Crippen MR) is 107 cm³/mol. The molecule has 158 valence electrons. The number of halogens is 4. The van der Waals surface area contributed by atoms with Gasteiger partial charge in [0.2, 0.25) is 15.3 Å². The molecule has 0 atom stereocenters. The molecule has 0 unspecified atom stereocenters. The summed E-state index contributed by atoms with van der Waals surface area (Å²) in [6.07, 6.45) is -4.61. The number of alkyl halides is 3. The second-order valence-electron chi connectivity index (χ2n) is 6.75. The lowest BCUT2D eigenvalue weighted by Gasteiger charge is -2.35. The molecule has 0 N–H and O–H groups in total. The highest BCUT2D eigenvalue weighted by Gasteiger charge is 2.34. The third kappa shape index (κ3) is 3.94. The van der Waals surface area contributed by atoms with E-state index in [0.717, 1.165) is 17.5 Å². The van der Waals surface area contributed by atoms with Crippen molar-refractivity contribution in [3.05, 3.63) is 59.4 Å². The van der Waals surface area contributed by atoms with Crippen molar-refractivity contribution in [2.24, 2.45) is 0 Å². The van der Waals surface area contributed by atoms with Crippen LogP contribution in [-0.2, 0) is 16.2 Å². The van der Waals surface area contributed by atoms with Crippen LogP contribution in [0.5, 0.6) is 0 Å². The van der Waals surface area contributed by atoms with Crippen molar-refractivity contribution in [2.75, 3.05) is 31.1 Å². The van der Waals surface area contributed by atoms with Crippen LogP contribution >= 0.6 is 11.6 Å². The fourth-order valence-corrected chi connectivity index (χ4v) is 5.04. The summed E-state index contributed by atoms with van der Waals surface area (Å²) in [5.74, 6) is 0.599. The van der Waals surface area contributed by atoms with Gasteiger partial charge in [-0.05, 0) is 41.9 Å². The van der Waals surface area contributed by atoms with E-state index in [1.165, 1.54) is 10.4 Å². The van der Waals surface area contributed by atoms with Crippen LogP contribution in [0.3, 0.4) is 0 Å². The van der Waals surface area contributed by atoms with Gasteiger partial charge in [0.15, 0.2) is 0 Å². The van der Waals surface area contributed by atoms with E-state index in [2.05, 4.69) is 9.97 Å². The Morgan fingerprint density at radius 2 is 1.63 bits per heavy atom. The average Bonchev–Trinajstić information content (AvgIpc) is 2.72. The van der Waals surface area contributed by atoms with Gasteiger partial charge in [0.05, 0.1) is 16.0 Å². The van der Waals surface area contributed by atoms with Gasteiger partial charge in [0.1, 0.15) is 5.82 Å². The van der Waals surface area contributed by atoms with E-state index in [1.54, 1.807) is 6.07 Å². The first-order valence-electron chi connectivity index (χ1n) is 9.01. The number of para-hydroxylation sites is 1. The van der Waals surface area contributed by atoms with E-state index in [9.17, 15) is 21.6 Å². The van der Waals surface area contributed by atoms with Gasteiger partial charge < -0.3 is 4.90 Å². The van der Waals surface area contributed by atoms with Crippen LogP contribution in [0.15, 0.2) is 53.4 Å². The number of piperazine rings is 1. The van der Waals surface area contributed by atoms with Crippen LogP contribution in [-0.4, -0.2) is 48.9 Å². The Balaban J connectivity index is 1.57. The van der Waals surface area contributed by atoms with Crippen LogP contribution in [0.4, 0.5) is 19.0 Å². The molecule has 3 aromatic rings. The smallest absolute Gasteiger partial charge is 0.353 e. The number of anilines is 1. The van der Waals surface area contributed by atoms with E-state index in [1.807, 2.05) is 23.1 Å². The fraction of sp³-hybridized carbons (Fsp3) is 0.263. The van der Waals surface area contributed by atoms with E-state index in [0.29, 0.717) is 30.5 Å². The Kier molecular flexibility index (Phi) is 5.33. The Hall–Kier alpha value is -2.43. The van der Waals surface area contributed by atoms with Gasteiger partial charge in [-0.1, -0.05) is 18.2 Å². The van der Waals surface area contributed by atoms with Crippen molar-refractivity contribution in [2.45, 2.75) is 11.1 Å². The van der Waals surface area contributed by atoms with Crippen LogP contribution in [0.25, 0.3) is 10.9 Å². The summed E-state index contributed by atoms with van der Waals surface area (Å²) >= 11 is 6.03. The Morgan fingerprint density at radius 3 is 2.33 bits per heavy atom. The topological polar surface area (TPSA) is 66.4 Å². The molecule has 1 aliphatic heterocycles. The molecule has 0 bridgehead atoms. The van der Waals surface area contributed by atoms with Crippen molar-refractivity contribution in [1.82, 2.24) is 14.3 Å². The monoisotopic (exact) mass is 456 g/mol. The molecule has 0 saturated carbocycles. The summed E-state index contributed by atoms with van der Waals surface area (Å²) in [5.41, 5.74) is -0.323. The van der Waals surface area contributed by atoms with Gasteiger partial charge in [-0.3, -0.25) is 0 Å². The molecule has 2 heterocycles. The first-order chi connectivity index (χ1) is 14.2. The molecule has 0 aliphatic carbocycles. The molecule has 1 aliphatic rings. The van der Waals surface area contributed by atoms with Crippen LogP contribution < -0.4 is 4.90 Å². The number of aromatic nitrogens is 2. The molecule has 1 saturated heterocycles. The van der Waals surface area contributed by atoms with Crippen molar-refractivity contribution in [3.63, 3.8) is 0 Å². The molecule has 2 aromatic carbocycles. The highest BCUT2D eigenvalue weighted by molar-refractivity contribution is 7.89. The third-order valence-corrected chi connectivity index (χ3v) is 6.96. The highest BCUT2D eigenvalue weighted by atomic mass is 35.5. The highest BCUT2D eigenvalue weighted by Crippen LogP contribution is 2.32. The summed E-state index contributed by atoms with van der Waals surface area (Å²) in [4.78, 5) is 10.0. The summed E-state index contributed by atoms with van der Waals surface area (Å²) < 4.78 is 65.8. The number of benzene rings is 2. The maximum absolute atomic E-state index is 13.0. The van der Waals surface area contributed by atoms with Gasteiger partial charge in [-0.15, -0.1) is 0 Å². The quantitative estimate of drug-likeness (QED) is 0.561. The minimum absolute atomic E-state index is 0.0858. The van der Waals surface area contributed by atoms with Gasteiger partial charge in [-0.2, -0.15) is 22.5 Å². The molecule has 11 heteroatoms. The Labute approximate surface area is 176 Å². The molecule has 0 radical (unpaired) electrons. The van der Waals surface area contributed by atoms with E-state index in [-0.39, 0.29) is 23.3 Å². The van der Waals surface area contributed by atoms with E-state index in [4.69, 9.17) is 11.6 Å². The maximum Gasteiger partial charge on any atom is 0.416 e. The zero-order valence-corrected chi connectivity index (χ0v) is 17.0. The number of hydrogen-bond donors (Lipinski definition) is 0. The van der Waals surface area contributed by atoms with Crippen LogP contribution in [0, 0.1) is 0 Å². The summed E-state index contributed by atoms with van der Waals surface area (Å²) in [7, 11) is -4.05. The minimum Gasteiger partial charge on any atom is -0.353 e. The molecule has 30 heavy (non-hydrogen) atoms. The molecule has 1 aromatic heterocycles. The largest absolute Gasteiger partial charge is 0.416 e. The second kappa shape index (κ2) is 7.68. The predicted octanol–water partition coefficient (Wildman–Crippen LogP) is 3.81. The minimum atomic E-state index is -4.61. The standard InChI is InChI=1S/C19H16ClF3N4O2S/c20-18-24-16-7-2-1-6-15(16)17(25-18)26-8-10-27(11-9-26)30(28,29)14-5-3-4-13(12-14)19(21,22)23/h1-7,12H,8-11H2. The fourth-order valence-electron chi connectivity index (χ4n) is 3.40. The molecular weight excluding hydrogens is 441 g/mol. The van der Waals surface area contributed by atoms with Gasteiger partial charge in [0, 0.05) is 31.6 Å². The number of nitrogens with zero attached hydrogens (tertiary/aromatic N) is 4. The number of fused-ring (bicyclic) bond motifs is 1. The third-order valence-electron chi connectivity index (χ3n) is 4.89. The lowest BCUT2D eigenvalue weighted by Crippen LogP contribution is -2.49. The molecule has 0 amide bonds. The summed E-state index contributed by atoms with van der Waals surface area (Å²) in [5, 5.41) is 0.874. The van der Waals surface area contributed by atoms with Crippen molar-refractivity contribution >= 4 is 38.3 Å². The summed E-state index contributed by atoms with van der Waals surface area (Å²) in [6.45, 7) is 0.841. The van der Waals surface area contributed by atoms with E-state index >= 15 is 0 Å². The van der Waals surface area contributed by atoms with Crippen LogP contribution in [0.1, 0.15) is 5.56 Å².